The Morgan fingerprint density at radius 2 is 1.55 bits per heavy atom. The molecule has 0 aliphatic heterocycles. The molecular formula is C19H23NOSi. The van der Waals surface area contributed by atoms with Crippen LogP contribution >= 0.6 is 0 Å². The Hall–Kier alpha value is -2.13. The van der Waals surface area contributed by atoms with Gasteiger partial charge >= 0.3 is 0 Å². The predicted octanol–water partition coefficient (Wildman–Crippen LogP) is 3.40. The maximum Gasteiger partial charge on any atom is 0.142 e. The van der Waals surface area contributed by atoms with Crippen molar-refractivity contribution in [1.29, 1.82) is 0 Å². The van der Waals surface area contributed by atoms with Crippen molar-refractivity contribution in [3.05, 3.63) is 71.9 Å². The van der Waals surface area contributed by atoms with Crippen LogP contribution in [0.25, 0.3) is 0 Å². The number of para-hydroxylation sites is 1. The number of carbonyl (C=O) groups is 1. The lowest BCUT2D eigenvalue weighted by Gasteiger charge is -2.30. The summed E-state index contributed by atoms with van der Waals surface area (Å²) in [6.07, 6.45) is 2.69. The van der Waals surface area contributed by atoms with E-state index in [1.165, 1.54) is 10.4 Å². The number of anilines is 1. The average molecular weight is 309 g/mol. The van der Waals surface area contributed by atoms with Gasteiger partial charge in [0.05, 0.1) is 0 Å². The fraction of sp³-hybridized carbons (Fsp3) is 0.211. The standard InChI is InChI=1S/C19H23NOSi/c1-20(17-10-6-4-7-11-17)16-19(14-15-21)22(2,3)18-12-8-5-9-13-18/h4-15H,16H2,1-3H3/b19-14+. The van der Waals surface area contributed by atoms with Crippen LogP contribution in [0.1, 0.15) is 0 Å². The van der Waals surface area contributed by atoms with E-state index in [9.17, 15) is 4.79 Å². The van der Waals surface area contributed by atoms with Gasteiger partial charge < -0.3 is 4.90 Å². The van der Waals surface area contributed by atoms with E-state index in [1.54, 1.807) is 6.08 Å². The van der Waals surface area contributed by atoms with Gasteiger partial charge in [0.2, 0.25) is 0 Å². The van der Waals surface area contributed by atoms with E-state index in [0.29, 0.717) is 0 Å². The van der Waals surface area contributed by atoms with E-state index in [0.717, 1.165) is 18.5 Å². The maximum absolute atomic E-state index is 11.1. The van der Waals surface area contributed by atoms with Crippen LogP contribution in [0.2, 0.25) is 13.1 Å². The van der Waals surface area contributed by atoms with Crippen molar-refractivity contribution in [2.45, 2.75) is 13.1 Å². The minimum atomic E-state index is -1.84. The first kappa shape index (κ1) is 16.2. The number of carbonyl (C=O) groups excluding carboxylic acids is 1. The van der Waals surface area contributed by atoms with Gasteiger partial charge in [0.25, 0.3) is 0 Å². The van der Waals surface area contributed by atoms with Crippen molar-refractivity contribution in [2.75, 3.05) is 18.5 Å². The molecule has 0 N–H and O–H groups in total. The molecule has 2 nitrogen and oxygen atoms in total. The Bertz CT molecular complexity index is 635. The van der Waals surface area contributed by atoms with E-state index in [2.05, 4.69) is 61.4 Å². The second-order valence-corrected chi connectivity index (χ2v) is 10.5. The first-order valence-corrected chi connectivity index (χ1v) is 10.5. The van der Waals surface area contributed by atoms with Gasteiger partial charge in [0, 0.05) is 19.3 Å². The Kier molecular flexibility index (Phi) is 5.34. The Morgan fingerprint density at radius 1 is 1.00 bits per heavy atom. The van der Waals surface area contributed by atoms with Gasteiger partial charge in [-0.2, -0.15) is 0 Å². The van der Waals surface area contributed by atoms with Crippen molar-refractivity contribution in [3.8, 4) is 0 Å². The molecular weight excluding hydrogens is 286 g/mol. The molecule has 0 bridgehead atoms. The van der Waals surface area contributed by atoms with Crippen LogP contribution < -0.4 is 10.1 Å². The number of allylic oxidation sites excluding steroid dienone is 1. The summed E-state index contributed by atoms with van der Waals surface area (Å²) in [7, 11) is 0.236. The van der Waals surface area contributed by atoms with Crippen molar-refractivity contribution >= 4 is 25.2 Å². The van der Waals surface area contributed by atoms with Gasteiger partial charge in [0.15, 0.2) is 0 Å². The molecule has 3 heteroatoms. The molecule has 0 aliphatic rings. The van der Waals surface area contributed by atoms with Gasteiger partial charge in [-0.15, -0.1) is 0 Å². The second kappa shape index (κ2) is 7.23. The van der Waals surface area contributed by atoms with Gasteiger partial charge in [-0.25, -0.2) is 0 Å². The summed E-state index contributed by atoms with van der Waals surface area (Å²) in [5, 5.41) is 2.59. The molecule has 2 aromatic rings. The fourth-order valence-electron chi connectivity index (χ4n) is 2.61. The molecule has 2 aromatic carbocycles. The van der Waals surface area contributed by atoms with Crippen molar-refractivity contribution in [1.82, 2.24) is 0 Å². The third-order valence-corrected chi connectivity index (χ3v) is 7.88. The molecule has 0 radical (unpaired) electrons. The van der Waals surface area contributed by atoms with Crippen LogP contribution in [0.4, 0.5) is 5.69 Å². The highest BCUT2D eigenvalue weighted by molar-refractivity contribution is 6.95. The molecule has 0 atom stereocenters. The van der Waals surface area contributed by atoms with Crippen LogP contribution in [-0.4, -0.2) is 28.0 Å². The molecule has 0 saturated heterocycles. The molecule has 0 saturated carbocycles. The Balaban J connectivity index is 2.27. The largest absolute Gasteiger partial charge is 0.371 e. The lowest BCUT2D eigenvalue weighted by molar-refractivity contribution is -0.104. The van der Waals surface area contributed by atoms with Gasteiger partial charge in [-0.05, 0) is 18.2 Å². The molecule has 0 spiro atoms. The minimum absolute atomic E-state index is 0.775. The first-order chi connectivity index (χ1) is 10.6. The highest BCUT2D eigenvalue weighted by atomic mass is 28.3. The number of rotatable bonds is 6. The maximum atomic E-state index is 11.1. The van der Waals surface area contributed by atoms with E-state index in [1.807, 2.05) is 24.3 Å². The fourth-order valence-corrected chi connectivity index (χ4v) is 5.12. The summed E-state index contributed by atoms with van der Waals surface area (Å²) in [4.78, 5) is 13.3. The van der Waals surface area contributed by atoms with Crippen molar-refractivity contribution in [3.63, 3.8) is 0 Å². The minimum Gasteiger partial charge on any atom is -0.371 e. The Morgan fingerprint density at radius 3 is 2.09 bits per heavy atom. The molecule has 0 aliphatic carbocycles. The monoisotopic (exact) mass is 309 g/mol. The SMILES string of the molecule is CN(C/C(=C\C=O)[Si](C)(C)c1ccccc1)c1ccccc1. The molecule has 114 valence electrons. The number of likely N-dealkylation sites (N-methyl/N-ethyl adjacent to an activating group) is 1. The van der Waals surface area contributed by atoms with Crippen LogP contribution in [0.5, 0.6) is 0 Å². The van der Waals surface area contributed by atoms with Gasteiger partial charge in [-0.1, -0.05) is 72.0 Å². The summed E-state index contributed by atoms with van der Waals surface area (Å²) in [5.74, 6) is 0. The molecule has 0 unspecified atom stereocenters. The average Bonchev–Trinajstić information content (AvgIpc) is 2.56. The zero-order chi connectivity index (χ0) is 16.0. The first-order valence-electron chi connectivity index (χ1n) is 7.52. The third kappa shape index (κ3) is 3.74. The third-order valence-electron chi connectivity index (χ3n) is 4.17. The van der Waals surface area contributed by atoms with Crippen molar-refractivity contribution in [2.24, 2.45) is 0 Å². The number of hydrogen-bond acceptors (Lipinski definition) is 2. The highest BCUT2D eigenvalue weighted by Crippen LogP contribution is 2.19. The van der Waals surface area contributed by atoms with Gasteiger partial charge in [0.1, 0.15) is 14.4 Å². The quantitative estimate of drug-likeness (QED) is 0.463. The van der Waals surface area contributed by atoms with E-state index < -0.39 is 8.07 Å². The highest BCUT2D eigenvalue weighted by Gasteiger charge is 2.28. The van der Waals surface area contributed by atoms with Gasteiger partial charge in [-0.3, -0.25) is 4.79 Å². The topological polar surface area (TPSA) is 20.3 Å². The predicted molar refractivity (Wildman–Crippen MR) is 97.4 cm³/mol. The van der Waals surface area contributed by atoms with E-state index in [-0.39, 0.29) is 0 Å². The van der Waals surface area contributed by atoms with Crippen LogP contribution in [0.15, 0.2) is 71.9 Å². The summed E-state index contributed by atoms with van der Waals surface area (Å²) in [6, 6.07) is 20.8. The second-order valence-electron chi connectivity index (χ2n) is 6.01. The number of nitrogens with zero attached hydrogens (tertiary/aromatic N) is 1. The summed E-state index contributed by atoms with van der Waals surface area (Å²) < 4.78 is 0. The van der Waals surface area contributed by atoms with Crippen molar-refractivity contribution < 1.29 is 4.79 Å². The van der Waals surface area contributed by atoms with E-state index >= 15 is 0 Å². The smallest absolute Gasteiger partial charge is 0.142 e. The molecule has 0 amide bonds. The zero-order valence-electron chi connectivity index (χ0n) is 13.5. The summed E-state index contributed by atoms with van der Waals surface area (Å²) in [5.41, 5.74) is 1.16. The number of aldehydes is 1. The molecule has 2 rings (SSSR count). The lowest BCUT2D eigenvalue weighted by atomic mass is 10.3. The summed E-state index contributed by atoms with van der Waals surface area (Å²) >= 11 is 0. The van der Waals surface area contributed by atoms with E-state index in [4.69, 9.17) is 0 Å². The molecule has 0 aromatic heterocycles. The number of benzene rings is 2. The number of hydrogen-bond donors (Lipinski definition) is 0. The summed E-state index contributed by atoms with van der Waals surface area (Å²) in [6.45, 7) is 5.38. The molecule has 0 fully saturated rings. The normalized spacial score (nSPS) is 12.0. The lowest BCUT2D eigenvalue weighted by Crippen LogP contribution is -2.47. The Labute approximate surface area is 134 Å². The zero-order valence-corrected chi connectivity index (χ0v) is 14.5. The molecule has 22 heavy (non-hydrogen) atoms. The molecule has 0 heterocycles. The van der Waals surface area contributed by atoms with Crippen LogP contribution in [0.3, 0.4) is 0 Å². The van der Waals surface area contributed by atoms with Crippen LogP contribution in [-0.2, 0) is 4.79 Å². The van der Waals surface area contributed by atoms with Crippen LogP contribution in [0, 0.1) is 0 Å².